The van der Waals surface area contributed by atoms with Crippen molar-refractivity contribution < 1.29 is 0 Å². The van der Waals surface area contributed by atoms with Crippen molar-refractivity contribution >= 4 is 61.9 Å². The summed E-state index contributed by atoms with van der Waals surface area (Å²) in [6, 6.07) is 9.77. The number of halogens is 2. The van der Waals surface area contributed by atoms with Gasteiger partial charge in [0.2, 0.25) is 0 Å². The number of para-hydroxylation sites is 1. The first-order chi connectivity index (χ1) is 11.6. The highest BCUT2D eigenvalue weighted by molar-refractivity contribution is 14.1. The number of hydrogen-bond donors (Lipinski definition) is 1. The Morgan fingerprint density at radius 1 is 1.25 bits per heavy atom. The number of rotatable bonds is 2. The zero-order chi connectivity index (χ0) is 16.8. The second kappa shape index (κ2) is 5.82. The third-order valence-electron chi connectivity index (χ3n) is 4.00. The Hall–Kier alpha value is -2.00. The summed E-state index contributed by atoms with van der Waals surface area (Å²) in [4.78, 5) is 12.9. The molecule has 0 radical (unpaired) electrons. The zero-order valence-corrected chi connectivity index (χ0v) is 15.5. The third kappa shape index (κ3) is 2.39. The van der Waals surface area contributed by atoms with Crippen LogP contribution in [0.5, 0.6) is 0 Å². The maximum Gasteiger partial charge on any atom is 0.165 e. The molecule has 1 atom stereocenters. The van der Waals surface area contributed by atoms with Gasteiger partial charge in [-0.3, -0.25) is 0 Å². The van der Waals surface area contributed by atoms with Crippen molar-refractivity contribution in [2.45, 2.75) is 13.0 Å². The van der Waals surface area contributed by atoms with Gasteiger partial charge in [0.15, 0.2) is 5.65 Å². The summed E-state index contributed by atoms with van der Waals surface area (Å²) < 4.78 is 2.57. The maximum absolute atomic E-state index is 6.43. The van der Waals surface area contributed by atoms with Crippen LogP contribution < -0.4 is 5.73 Å². The highest BCUT2D eigenvalue weighted by Crippen LogP contribution is 2.31. The van der Waals surface area contributed by atoms with Crippen molar-refractivity contribution in [3.63, 3.8) is 0 Å². The molecule has 24 heavy (non-hydrogen) atoms. The number of aromatic nitrogens is 5. The van der Waals surface area contributed by atoms with E-state index in [1.165, 1.54) is 6.33 Å². The Balaban J connectivity index is 1.92. The standard InChI is InChI=1S/C16H12ClIN6/c1-8(10-6-9-4-2-3-5-11(9)22-13(10)17)24-16-12(14(18)23-24)15(19)20-7-21-16/h2-8H,1H3,(H2,19,20,21). The van der Waals surface area contributed by atoms with Crippen LogP contribution in [0.25, 0.3) is 21.9 Å². The molecule has 120 valence electrons. The maximum atomic E-state index is 6.43. The van der Waals surface area contributed by atoms with Crippen molar-refractivity contribution in [3.8, 4) is 0 Å². The average Bonchev–Trinajstić information content (AvgIpc) is 2.92. The van der Waals surface area contributed by atoms with Crippen molar-refractivity contribution in [1.82, 2.24) is 24.7 Å². The first-order valence-electron chi connectivity index (χ1n) is 7.25. The molecule has 1 aromatic carbocycles. The minimum atomic E-state index is -0.144. The third-order valence-corrected chi connectivity index (χ3v) is 5.05. The van der Waals surface area contributed by atoms with Gasteiger partial charge in [-0.1, -0.05) is 29.8 Å². The molecule has 0 saturated carbocycles. The van der Waals surface area contributed by atoms with Crippen LogP contribution in [0.15, 0.2) is 36.7 Å². The number of hydrogen-bond acceptors (Lipinski definition) is 5. The lowest BCUT2D eigenvalue weighted by atomic mass is 10.1. The summed E-state index contributed by atoms with van der Waals surface area (Å²) in [5, 5.41) is 6.83. The van der Waals surface area contributed by atoms with Crippen molar-refractivity contribution in [2.24, 2.45) is 0 Å². The van der Waals surface area contributed by atoms with Crippen LogP contribution in [0.4, 0.5) is 5.82 Å². The summed E-state index contributed by atoms with van der Waals surface area (Å²) in [6.07, 6.45) is 1.44. The lowest BCUT2D eigenvalue weighted by Gasteiger charge is -2.15. The van der Waals surface area contributed by atoms with Gasteiger partial charge in [-0.2, -0.15) is 5.10 Å². The lowest BCUT2D eigenvalue weighted by Crippen LogP contribution is -2.11. The van der Waals surface area contributed by atoms with Crippen LogP contribution in [0.1, 0.15) is 18.5 Å². The van der Waals surface area contributed by atoms with Gasteiger partial charge in [0.1, 0.15) is 21.0 Å². The Morgan fingerprint density at radius 3 is 2.88 bits per heavy atom. The average molecular weight is 451 g/mol. The van der Waals surface area contributed by atoms with Crippen LogP contribution in [0, 0.1) is 3.70 Å². The summed E-state index contributed by atoms with van der Waals surface area (Å²) >= 11 is 8.57. The van der Waals surface area contributed by atoms with E-state index >= 15 is 0 Å². The van der Waals surface area contributed by atoms with Crippen LogP contribution in [0.3, 0.4) is 0 Å². The van der Waals surface area contributed by atoms with E-state index in [-0.39, 0.29) is 6.04 Å². The topological polar surface area (TPSA) is 82.5 Å². The first kappa shape index (κ1) is 15.5. The molecule has 6 nitrogen and oxygen atoms in total. The van der Waals surface area contributed by atoms with E-state index in [1.807, 2.05) is 41.9 Å². The number of anilines is 1. The van der Waals surface area contributed by atoms with Crippen molar-refractivity contribution in [3.05, 3.63) is 51.1 Å². The van der Waals surface area contributed by atoms with E-state index in [0.29, 0.717) is 16.6 Å². The molecule has 2 N–H and O–H groups in total. The smallest absolute Gasteiger partial charge is 0.165 e. The number of fused-ring (bicyclic) bond motifs is 2. The van der Waals surface area contributed by atoms with Crippen molar-refractivity contribution in [1.29, 1.82) is 0 Å². The largest absolute Gasteiger partial charge is 0.383 e. The number of benzene rings is 1. The van der Waals surface area contributed by atoms with Crippen LogP contribution in [-0.2, 0) is 0 Å². The SMILES string of the molecule is CC(c1cc2ccccc2nc1Cl)n1nc(I)c2c(N)ncnc21. The number of nitrogens with zero attached hydrogens (tertiary/aromatic N) is 5. The molecule has 0 aliphatic carbocycles. The molecule has 3 heterocycles. The van der Waals surface area contributed by atoms with E-state index in [9.17, 15) is 0 Å². The monoisotopic (exact) mass is 450 g/mol. The molecule has 0 bridgehead atoms. The predicted molar refractivity (Wildman–Crippen MR) is 103 cm³/mol. The fourth-order valence-corrected chi connectivity index (χ4v) is 3.81. The van der Waals surface area contributed by atoms with Crippen LogP contribution >= 0.6 is 34.2 Å². The quantitative estimate of drug-likeness (QED) is 0.371. The van der Waals surface area contributed by atoms with Gasteiger partial charge in [0.05, 0.1) is 16.9 Å². The van der Waals surface area contributed by atoms with Gasteiger partial charge < -0.3 is 5.73 Å². The number of nitrogen functional groups attached to an aromatic ring is 1. The molecule has 0 fully saturated rings. The van der Waals surface area contributed by atoms with Gasteiger partial charge in [-0.25, -0.2) is 19.6 Å². The van der Waals surface area contributed by atoms with Crippen molar-refractivity contribution in [2.75, 3.05) is 5.73 Å². The molecule has 0 spiro atoms. The molecule has 0 aliphatic rings. The van der Waals surface area contributed by atoms with E-state index in [2.05, 4.69) is 42.6 Å². The molecule has 8 heteroatoms. The van der Waals surface area contributed by atoms with Gasteiger partial charge in [-0.15, -0.1) is 0 Å². The summed E-state index contributed by atoms with van der Waals surface area (Å²) in [7, 11) is 0. The molecule has 1 unspecified atom stereocenters. The van der Waals surface area contributed by atoms with Gasteiger partial charge in [0, 0.05) is 10.9 Å². The molecule has 0 amide bonds. The molecular formula is C16H12ClIN6. The second-order valence-corrected chi connectivity index (χ2v) is 6.81. The zero-order valence-electron chi connectivity index (χ0n) is 12.6. The lowest BCUT2D eigenvalue weighted by molar-refractivity contribution is 0.574. The van der Waals surface area contributed by atoms with Gasteiger partial charge >= 0.3 is 0 Å². The molecule has 3 aromatic heterocycles. The predicted octanol–water partition coefficient (Wildman–Crippen LogP) is 3.82. The molecule has 0 saturated heterocycles. The van der Waals surface area contributed by atoms with E-state index in [0.717, 1.165) is 25.6 Å². The van der Waals surface area contributed by atoms with Crippen LogP contribution in [0.2, 0.25) is 5.15 Å². The Kier molecular flexibility index (Phi) is 3.76. The Morgan fingerprint density at radius 2 is 2.04 bits per heavy atom. The van der Waals surface area contributed by atoms with E-state index < -0.39 is 0 Å². The first-order valence-corrected chi connectivity index (χ1v) is 8.71. The fourth-order valence-electron chi connectivity index (χ4n) is 2.76. The summed E-state index contributed by atoms with van der Waals surface area (Å²) in [5.41, 5.74) is 8.40. The highest BCUT2D eigenvalue weighted by atomic mass is 127. The van der Waals surface area contributed by atoms with Gasteiger partial charge in [-0.05, 0) is 41.6 Å². The highest BCUT2D eigenvalue weighted by Gasteiger charge is 2.21. The van der Waals surface area contributed by atoms with Crippen LogP contribution in [-0.4, -0.2) is 24.7 Å². The fraction of sp³-hybridized carbons (Fsp3) is 0.125. The number of nitrogens with two attached hydrogens (primary N) is 1. The molecular weight excluding hydrogens is 439 g/mol. The van der Waals surface area contributed by atoms with Gasteiger partial charge in [0.25, 0.3) is 0 Å². The Labute approximate surface area is 156 Å². The second-order valence-electron chi connectivity index (χ2n) is 5.43. The van der Waals surface area contributed by atoms with E-state index in [4.69, 9.17) is 17.3 Å². The normalized spacial score (nSPS) is 12.8. The number of pyridine rings is 1. The Bertz CT molecular complexity index is 1080. The molecule has 0 aliphatic heterocycles. The van der Waals surface area contributed by atoms with E-state index in [1.54, 1.807) is 0 Å². The minimum Gasteiger partial charge on any atom is -0.383 e. The summed E-state index contributed by atoms with van der Waals surface area (Å²) in [6.45, 7) is 2.01. The minimum absolute atomic E-state index is 0.144. The molecule has 4 aromatic rings. The molecule has 4 rings (SSSR count). The summed E-state index contributed by atoms with van der Waals surface area (Å²) in [5.74, 6) is 0.422.